The predicted molar refractivity (Wildman–Crippen MR) is 56.0 cm³/mol. The molecule has 1 saturated heterocycles. The Labute approximate surface area is 90.5 Å². The van der Waals surface area contributed by atoms with Crippen molar-refractivity contribution in [1.82, 2.24) is 5.32 Å². The van der Waals surface area contributed by atoms with Crippen molar-refractivity contribution in [2.75, 3.05) is 6.54 Å². The highest BCUT2D eigenvalue weighted by Crippen LogP contribution is 2.21. The van der Waals surface area contributed by atoms with Crippen LogP contribution in [-0.2, 0) is 9.53 Å². The van der Waals surface area contributed by atoms with E-state index in [1.54, 1.807) is 0 Å². The number of nitrogens with one attached hydrogen (secondary N) is 1. The lowest BCUT2D eigenvalue weighted by Gasteiger charge is -2.16. The van der Waals surface area contributed by atoms with Crippen molar-refractivity contribution in [1.29, 1.82) is 0 Å². The van der Waals surface area contributed by atoms with Gasteiger partial charge in [0.1, 0.15) is 6.10 Å². The van der Waals surface area contributed by atoms with Crippen molar-refractivity contribution in [3.63, 3.8) is 0 Å². The van der Waals surface area contributed by atoms with E-state index in [4.69, 9.17) is 4.74 Å². The van der Waals surface area contributed by atoms with E-state index in [1.165, 1.54) is 0 Å². The van der Waals surface area contributed by atoms with Gasteiger partial charge in [0, 0.05) is 6.42 Å². The molecule has 0 aromatic heterocycles. The van der Waals surface area contributed by atoms with E-state index in [-0.39, 0.29) is 15.3 Å². The predicted octanol–water partition coefficient (Wildman–Crippen LogP) is 1.27. The molecule has 74 valence electrons. The highest BCUT2D eigenvalue weighted by molar-refractivity contribution is 14.1. The number of rotatable bonds is 3. The van der Waals surface area contributed by atoms with Crippen molar-refractivity contribution in [2.24, 2.45) is 0 Å². The van der Waals surface area contributed by atoms with Gasteiger partial charge in [-0.15, -0.1) is 0 Å². The van der Waals surface area contributed by atoms with Gasteiger partial charge in [0.15, 0.2) is 5.78 Å². The number of hydrogen-bond donors (Lipinski definition) is 1. The van der Waals surface area contributed by atoms with Gasteiger partial charge in [-0.2, -0.15) is 0 Å². The Balaban J connectivity index is 2.42. The summed E-state index contributed by atoms with van der Waals surface area (Å²) in [6.07, 6.45) is -0.410. The van der Waals surface area contributed by atoms with Crippen molar-refractivity contribution in [3.05, 3.63) is 0 Å². The Morgan fingerprint density at radius 3 is 2.77 bits per heavy atom. The minimum absolute atomic E-state index is 0.106. The Bertz CT molecular complexity index is 234. The molecule has 0 aromatic rings. The van der Waals surface area contributed by atoms with Crippen LogP contribution >= 0.6 is 22.6 Å². The molecule has 0 spiro atoms. The zero-order chi connectivity index (χ0) is 10.1. The first kappa shape index (κ1) is 10.7. The standard InChI is InChI=1S/C8H12INO3/c1-8(2,9)6(11)3-5-4-10-7(12)13-5/h5H,3-4H2,1-2H3,(H,10,12). The van der Waals surface area contributed by atoms with E-state index in [2.05, 4.69) is 27.9 Å². The van der Waals surface area contributed by atoms with Gasteiger partial charge in [-0.05, 0) is 13.8 Å². The number of amides is 1. The molecule has 0 saturated carbocycles. The molecule has 0 aliphatic carbocycles. The van der Waals surface area contributed by atoms with E-state index in [9.17, 15) is 9.59 Å². The Hall–Kier alpha value is -0.330. The average Bonchev–Trinajstić information content (AvgIpc) is 2.33. The molecular weight excluding hydrogens is 285 g/mol. The van der Waals surface area contributed by atoms with Crippen LogP contribution in [0, 0.1) is 0 Å². The number of alkyl carbamates (subject to hydrolysis) is 1. The quantitative estimate of drug-likeness (QED) is 0.630. The van der Waals surface area contributed by atoms with E-state index < -0.39 is 6.09 Å². The number of carbonyl (C=O) groups excluding carboxylic acids is 2. The fourth-order valence-electron chi connectivity index (χ4n) is 0.995. The number of ketones is 1. The van der Waals surface area contributed by atoms with Crippen LogP contribution in [0.5, 0.6) is 0 Å². The van der Waals surface area contributed by atoms with Gasteiger partial charge in [-0.25, -0.2) is 4.79 Å². The number of carbonyl (C=O) groups is 2. The SMILES string of the molecule is CC(C)(I)C(=O)CC1CNC(=O)O1. The number of ether oxygens (including phenoxy) is 1. The molecule has 1 aliphatic rings. The molecule has 1 atom stereocenters. The fourth-order valence-corrected chi connectivity index (χ4v) is 1.22. The van der Waals surface area contributed by atoms with Crippen LogP contribution < -0.4 is 5.32 Å². The lowest BCUT2D eigenvalue weighted by Crippen LogP contribution is -2.29. The first-order valence-electron chi connectivity index (χ1n) is 4.06. The monoisotopic (exact) mass is 297 g/mol. The Morgan fingerprint density at radius 2 is 2.38 bits per heavy atom. The molecule has 1 aliphatic heterocycles. The third-order valence-corrected chi connectivity index (χ3v) is 2.43. The summed E-state index contributed by atoms with van der Waals surface area (Å²) in [5.74, 6) is 0.106. The normalized spacial score (nSPS) is 22.4. The molecule has 13 heavy (non-hydrogen) atoms. The van der Waals surface area contributed by atoms with E-state index >= 15 is 0 Å². The average molecular weight is 297 g/mol. The minimum Gasteiger partial charge on any atom is -0.444 e. The molecule has 0 aromatic carbocycles. The van der Waals surface area contributed by atoms with Gasteiger partial charge in [0.05, 0.1) is 9.97 Å². The van der Waals surface area contributed by atoms with Gasteiger partial charge in [0.25, 0.3) is 0 Å². The van der Waals surface area contributed by atoms with Gasteiger partial charge < -0.3 is 10.1 Å². The Morgan fingerprint density at radius 1 is 1.77 bits per heavy atom. The van der Waals surface area contributed by atoms with Gasteiger partial charge in [-0.1, -0.05) is 22.6 Å². The van der Waals surface area contributed by atoms with Crippen LogP contribution in [0.4, 0.5) is 4.79 Å². The Kier molecular flexibility index (Phi) is 3.15. The van der Waals surface area contributed by atoms with Crippen LogP contribution in [0.2, 0.25) is 0 Å². The second-order valence-electron chi connectivity index (χ2n) is 3.51. The van der Waals surface area contributed by atoms with E-state index in [1.807, 2.05) is 13.8 Å². The summed E-state index contributed by atoms with van der Waals surface area (Å²) in [6, 6.07) is 0. The van der Waals surface area contributed by atoms with Gasteiger partial charge in [-0.3, -0.25) is 4.79 Å². The van der Waals surface area contributed by atoms with Crippen LogP contribution in [0.1, 0.15) is 20.3 Å². The molecule has 1 rings (SSSR count). The molecule has 1 fully saturated rings. The van der Waals surface area contributed by atoms with Gasteiger partial charge >= 0.3 is 6.09 Å². The number of halogens is 1. The van der Waals surface area contributed by atoms with Gasteiger partial charge in [0.2, 0.25) is 0 Å². The summed E-state index contributed by atoms with van der Waals surface area (Å²) in [5.41, 5.74) is 0. The molecule has 0 radical (unpaired) electrons. The number of alkyl halides is 1. The first-order chi connectivity index (χ1) is 5.89. The van der Waals surface area contributed by atoms with E-state index in [0.717, 1.165) is 0 Å². The summed E-state index contributed by atoms with van der Waals surface area (Å²) < 4.78 is 4.47. The maximum absolute atomic E-state index is 11.5. The molecule has 1 amide bonds. The summed E-state index contributed by atoms with van der Waals surface area (Å²) in [4.78, 5) is 22.1. The van der Waals surface area contributed by atoms with Crippen molar-refractivity contribution >= 4 is 34.5 Å². The largest absolute Gasteiger partial charge is 0.444 e. The maximum Gasteiger partial charge on any atom is 0.407 e. The number of hydrogen-bond acceptors (Lipinski definition) is 3. The summed E-state index contributed by atoms with van der Waals surface area (Å²) in [6.45, 7) is 4.14. The number of cyclic esters (lactones) is 1. The molecular formula is C8H12INO3. The molecule has 1 heterocycles. The topological polar surface area (TPSA) is 55.4 Å². The summed E-state index contributed by atoms with van der Waals surface area (Å²) in [7, 11) is 0. The minimum atomic E-state index is -0.427. The molecule has 1 N–H and O–H groups in total. The first-order valence-corrected chi connectivity index (χ1v) is 5.14. The smallest absolute Gasteiger partial charge is 0.407 e. The third kappa shape index (κ3) is 3.13. The second-order valence-corrected chi connectivity index (χ2v) is 6.20. The lowest BCUT2D eigenvalue weighted by atomic mass is 10.0. The highest BCUT2D eigenvalue weighted by Gasteiger charge is 2.30. The van der Waals surface area contributed by atoms with Crippen LogP contribution in [0.15, 0.2) is 0 Å². The lowest BCUT2D eigenvalue weighted by molar-refractivity contribution is -0.121. The summed E-state index contributed by atoms with van der Waals surface area (Å²) in [5, 5.41) is 2.51. The van der Waals surface area contributed by atoms with Crippen molar-refractivity contribution in [3.8, 4) is 0 Å². The third-order valence-electron chi connectivity index (χ3n) is 1.82. The number of Topliss-reactive ketones (excluding diaryl/α,β-unsaturated/α-hetero) is 1. The van der Waals surface area contributed by atoms with Crippen LogP contribution in [0.3, 0.4) is 0 Å². The summed E-state index contributed by atoms with van der Waals surface area (Å²) >= 11 is 2.08. The van der Waals surface area contributed by atoms with Crippen LogP contribution in [-0.4, -0.2) is 27.9 Å². The fraction of sp³-hybridized carbons (Fsp3) is 0.750. The van der Waals surface area contributed by atoms with Crippen molar-refractivity contribution in [2.45, 2.75) is 29.8 Å². The zero-order valence-corrected chi connectivity index (χ0v) is 9.75. The van der Waals surface area contributed by atoms with Crippen molar-refractivity contribution < 1.29 is 14.3 Å². The maximum atomic E-state index is 11.5. The molecule has 1 unspecified atom stereocenters. The molecule has 0 bridgehead atoms. The molecule has 4 nitrogen and oxygen atoms in total. The highest BCUT2D eigenvalue weighted by atomic mass is 127. The zero-order valence-electron chi connectivity index (χ0n) is 7.59. The second kappa shape index (κ2) is 3.81. The van der Waals surface area contributed by atoms with Crippen LogP contribution in [0.25, 0.3) is 0 Å². The van der Waals surface area contributed by atoms with E-state index in [0.29, 0.717) is 13.0 Å². The molecule has 5 heteroatoms.